The van der Waals surface area contributed by atoms with Gasteiger partial charge in [-0.2, -0.15) is 0 Å². The molecule has 0 aromatic heterocycles. The number of benzene rings is 2. The predicted octanol–water partition coefficient (Wildman–Crippen LogP) is 5.79. The van der Waals surface area contributed by atoms with Crippen LogP contribution in [-0.2, 0) is 4.74 Å². The predicted molar refractivity (Wildman–Crippen MR) is 137 cm³/mol. The molecule has 0 heterocycles. The molecule has 1 amide bonds. The number of anilines is 1. The zero-order valence-electron chi connectivity index (χ0n) is 21.4. The molecule has 6 heteroatoms. The number of carbonyl (C=O) groups is 2. The van der Waals surface area contributed by atoms with Crippen LogP contribution in [0.5, 0.6) is 5.75 Å². The highest BCUT2D eigenvalue weighted by atomic mass is 16.5. The summed E-state index contributed by atoms with van der Waals surface area (Å²) in [5.41, 5.74) is 1.56. The minimum Gasteiger partial charge on any atom is -0.493 e. The number of hydrogen-bond acceptors (Lipinski definition) is 4. The van der Waals surface area contributed by atoms with Crippen LogP contribution in [0, 0.1) is 5.92 Å². The Morgan fingerprint density at radius 1 is 0.941 bits per heavy atom. The molecule has 0 saturated heterocycles. The van der Waals surface area contributed by atoms with Gasteiger partial charge in [0.1, 0.15) is 18.9 Å². The fourth-order valence-corrected chi connectivity index (χ4v) is 3.49. The van der Waals surface area contributed by atoms with E-state index < -0.39 is 0 Å². The van der Waals surface area contributed by atoms with E-state index in [1.807, 2.05) is 18.2 Å². The Hall–Kier alpha value is -2.86. The van der Waals surface area contributed by atoms with Crippen molar-refractivity contribution in [2.75, 3.05) is 45.2 Å². The Labute approximate surface area is 204 Å². The number of carbonyl (C=O) groups excluding carboxylic acids is 2. The van der Waals surface area contributed by atoms with Gasteiger partial charge in [0.15, 0.2) is 0 Å². The highest BCUT2D eigenvalue weighted by Crippen LogP contribution is 2.21. The maximum absolute atomic E-state index is 12.8. The van der Waals surface area contributed by atoms with E-state index >= 15 is 0 Å². The van der Waals surface area contributed by atoms with E-state index in [1.165, 1.54) is 6.42 Å². The molecule has 0 aliphatic rings. The lowest BCUT2D eigenvalue weighted by molar-refractivity contribution is -0.906. The molecule has 0 aliphatic carbocycles. The topological polar surface area (TPSA) is 64.6 Å². The molecule has 0 saturated carbocycles. The first-order valence-corrected chi connectivity index (χ1v) is 12.4. The average molecular weight is 470 g/mol. The summed E-state index contributed by atoms with van der Waals surface area (Å²) < 4.78 is 12.2. The van der Waals surface area contributed by atoms with E-state index in [0.29, 0.717) is 41.7 Å². The molecule has 0 atom stereocenters. The molecule has 34 heavy (non-hydrogen) atoms. The molecule has 1 N–H and O–H groups in total. The van der Waals surface area contributed by atoms with E-state index in [1.54, 1.807) is 30.3 Å². The minimum atomic E-state index is -0.354. The third-order valence-electron chi connectivity index (χ3n) is 6.33. The van der Waals surface area contributed by atoms with Gasteiger partial charge in [0, 0.05) is 5.69 Å². The number of quaternary nitrogens is 1. The molecule has 0 bridgehead atoms. The maximum atomic E-state index is 12.8. The van der Waals surface area contributed by atoms with Crippen LogP contribution < -0.4 is 10.1 Å². The van der Waals surface area contributed by atoms with Crippen LogP contribution in [0.3, 0.4) is 0 Å². The van der Waals surface area contributed by atoms with E-state index in [-0.39, 0.29) is 11.9 Å². The Bertz CT molecular complexity index is 905. The first kappa shape index (κ1) is 27.4. The van der Waals surface area contributed by atoms with Crippen molar-refractivity contribution < 1.29 is 23.5 Å². The number of esters is 1. The van der Waals surface area contributed by atoms with Crippen molar-refractivity contribution in [3.63, 3.8) is 0 Å². The Morgan fingerprint density at radius 3 is 2.26 bits per heavy atom. The molecule has 2 rings (SSSR count). The molecule has 6 nitrogen and oxygen atoms in total. The van der Waals surface area contributed by atoms with Gasteiger partial charge in [0.05, 0.1) is 37.9 Å². The standard InChI is InChI=1S/C28H40N2O4/c1-6-30(5,7-2)19-21-34-28(32)23-15-17-24(18-16-23)29-27(31)25-13-8-9-14-26(25)33-20-11-10-12-22(3)4/h8-9,13-18,22H,6-7,10-12,19-21H2,1-5H3/p+1. The van der Waals surface area contributed by atoms with Gasteiger partial charge in [-0.3, -0.25) is 4.79 Å². The Balaban J connectivity index is 1.89. The van der Waals surface area contributed by atoms with E-state index in [0.717, 1.165) is 37.0 Å². The maximum Gasteiger partial charge on any atom is 0.338 e. The van der Waals surface area contributed by atoms with Crippen molar-refractivity contribution >= 4 is 17.6 Å². The third-order valence-corrected chi connectivity index (χ3v) is 6.33. The lowest BCUT2D eigenvalue weighted by Gasteiger charge is -2.31. The molecule has 0 radical (unpaired) electrons. The normalized spacial score (nSPS) is 11.4. The summed E-state index contributed by atoms with van der Waals surface area (Å²) in [4.78, 5) is 25.2. The monoisotopic (exact) mass is 469 g/mol. The van der Waals surface area contributed by atoms with Crippen LogP contribution >= 0.6 is 0 Å². The number of nitrogens with zero attached hydrogens (tertiary/aromatic N) is 1. The molecule has 186 valence electrons. The van der Waals surface area contributed by atoms with Crippen LogP contribution in [0.1, 0.15) is 67.7 Å². The van der Waals surface area contributed by atoms with Crippen molar-refractivity contribution in [3.05, 3.63) is 59.7 Å². The van der Waals surface area contributed by atoms with Crippen molar-refractivity contribution in [2.45, 2.75) is 47.0 Å². The fraction of sp³-hybridized carbons (Fsp3) is 0.500. The fourth-order valence-electron chi connectivity index (χ4n) is 3.49. The van der Waals surface area contributed by atoms with Crippen LogP contribution in [0.2, 0.25) is 0 Å². The molecule has 0 aliphatic heterocycles. The van der Waals surface area contributed by atoms with Crippen LogP contribution in [0.4, 0.5) is 5.69 Å². The number of unbranched alkanes of at least 4 members (excludes halogenated alkanes) is 1. The SMILES string of the molecule is CC[N+](C)(CC)CCOC(=O)c1ccc(NC(=O)c2ccccc2OCCCCC(C)C)cc1. The van der Waals surface area contributed by atoms with E-state index in [9.17, 15) is 9.59 Å². The molecular weight excluding hydrogens is 428 g/mol. The second-order valence-electron chi connectivity index (χ2n) is 9.38. The van der Waals surface area contributed by atoms with Gasteiger partial charge in [0.2, 0.25) is 0 Å². The number of amides is 1. The van der Waals surface area contributed by atoms with Gasteiger partial charge in [-0.15, -0.1) is 0 Å². The van der Waals surface area contributed by atoms with Gasteiger partial charge >= 0.3 is 5.97 Å². The van der Waals surface area contributed by atoms with Crippen molar-refractivity contribution in [1.29, 1.82) is 0 Å². The first-order chi connectivity index (χ1) is 16.3. The summed E-state index contributed by atoms with van der Waals surface area (Å²) >= 11 is 0. The highest BCUT2D eigenvalue weighted by Gasteiger charge is 2.18. The summed E-state index contributed by atoms with van der Waals surface area (Å²) in [5.74, 6) is 0.662. The number of para-hydroxylation sites is 1. The first-order valence-electron chi connectivity index (χ1n) is 12.4. The van der Waals surface area contributed by atoms with Crippen molar-refractivity contribution in [2.24, 2.45) is 5.92 Å². The second kappa shape index (κ2) is 13.8. The molecule has 2 aromatic rings. The summed E-state index contributed by atoms with van der Waals surface area (Å²) in [6.45, 7) is 12.4. The summed E-state index contributed by atoms with van der Waals surface area (Å²) in [6, 6.07) is 14.0. The number of hydrogen-bond donors (Lipinski definition) is 1. The Morgan fingerprint density at radius 2 is 1.62 bits per heavy atom. The summed E-state index contributed by atoms with van der Waals surface area (Å²) in [7, 11) is 2.15. The average Bonchev–Trinajstić information content (AvgIpc) is 2.84. The van der Waals surface area contributed by atoms with Crippen molar-refractivity contribution in [1.82, 2.24) is 0 Å². The zero-order valence-corrected chi connectivity index (χ0v) is 21.4. The van der Waals surface area contributed by atoms with Crippen molar-refractivity contribution in [3.8, 4) is 5.75 Å². The molecule has 0 fully saturated rings. The molecule has 2 aromatic carbocycles. The van der Waals surface area contributed by atoms with Gasteiger partial charge in [-0.25, -0.2) is 4.79 Å². The lowest BCUT2D eigenvalue weighted by atomic mass is 10.1. The van der Waals surface area contributed by atoms with Gasteiger partial charge in [-0.1, -0.05) is 32.4 Å². The van der Waals surface area contributed by atoms with E-state index in [4.69, 9.17) is 9.47 Å². The van der Waals surface area contributed by atoms with Crippen LogP contribution in [-0.4, -0.2) is 56.3 Å². The highest BCUT2D eigenvalue weighted by molar-refractivity contribution is 6.06. The second-order valence-corrected chi connectivity index (χ2v) is 9.38. The molecular formula is C28H41N2O4+. The minimum absolute atomic E-state index is 0.246. The Kier molecular flexibility index (Phi) is 11.1. The molecule has 0 spiro atoms. The van der Waals surface area contributed by atoms with Gasteiger partial charge < -0.3 is 19.3 Å². The quantitative estimate of drug-likeness (QED) is 0.216. The van der Waals surface area contributed by atoms with Crippen LogP contribution in [0.25, 0.3) is 0 Å². The third kappa shape index (κ3) is 8.82. The zero-order chi connectivity index (χ0) is 25.0. The smallest absolute Gasteiger partial charge is 0.338 e. The summed E-state index contributed by atoms with van der Waals surface area (Å²) in [5, 5.41) is 2.89. The van der Waals surface area contributed by atoms with E-state index in [2.05, 4.69) is 40.1 Å². The number of nitrogens with one attached hydrogen (secondary N) is 1. The van der Waals surface area contributed by atoms with Crippen LogP contribution in [0.15, 0.2) is 48.5 Å². The number of likely N-dealkylation sites (N-methyl/N-ethyl adjacent to an activating group) is 1. The number of ether oxygens (including phenoxy) is 2. The lowest BCUT2D eigenvalue weighted by Crippen LogP contribution is -2.46. The number of rotatable bonds is 14. The summed E-state index contributed by atoms with van der Waals surface area (Å²) in [6.07, 6.45) is 3.24. The molecule has 0 unspecified atom stereocenters. The van der Waals surface area contributed by atoms with Gasteiger partial charge in [0.25, 0.3) is 5.91 Å². The van der Waals surface area contributed by atoms with Gasteiger partial charge in [-0.05, 0) is 69.0 Å². The largest absolute Gasteiger partial charge is 0.493 e.